The Morgan fingerprint density at radius 1 is 1.26 bits per heavy atom. The lowest BCUT2D eigenvalue weighted by molar-refractivity contribution is -0.158. The fraction of sp³-hybridized carbons (Fsp3) is 0.571. The fourth-order valence-corrected chi connectivity index (χ4v) is 4.82. The molecule has 0 spiro atoms. The van der Waals surface area contributed by atoms with Crippen LogP contribution in [0.25, 0.3) is 6.08 Å². The number of carbonyl (C=O) groups excluding carboxylic acids is 1. The van der Waals surface area contributed by atoms with Crippen molar-refractivity contribution in [2.24, 2.45) is 11.3 Å². The molecule has 2 heteroatoms. The molecule has 124 valence electrons. The van der Waals surface area contributed by atoms with Crippen LogP contribution in [0.3, 0.4) is 0 Å². The molecule has 0 amide bonds. The van der Waals surface area contributed by atoms with Gasteiger partial charge < -0.3 is 4.74 Å². The van der Waals surface area contributed by atoms with Crippen LogP contribution in [-0.4, -0.2) is 13.1 Å². The molecular weight excluding hydrogens is 284 g/mol. The number of ether oxygens (including phenoxy) is 1. The molecule has 0 saturated heterocycles. The molecule has 2 aliphatic rings. The molecule has 0 radical (unpaired) electrons. The maximum atomic E-state index is 12.5. The second-order valence-corrected chi connectivity index (χ2v) is 8.02. The molecule has 0 aliphatic heterocycles. The van der Waals surface area contributed by atoms with Gasteiger partial charge in [0.25, 0.3) is 0 Å². The predicted octanol–water partition coefficient (Wildman–Crippen LogP) is 5.07. The highest BCUT2D eigenvalue weighted by Crippen LogP contribution is 2.56. The van der Waals surface area contributed by atoms with E-state index < -0.39 is 5.41 Å². The number of carbonyl (C=O) groups is 1. The number of hydrogen-bond acceptors (Lipinski definition) is 2. The molecule has 2 nitrogen and oxygen atoms in total. The third kappa shape index (κ3) is 2.34. The third-order valence-corrected chi connectivity index (χ3v) is 6.24. The van der Waals surface area contributed by atoms with Crippen molar-refractivity contribution in [1.82, 2.24) is 0 Å². The van der Waals surface area contributed by atoms with E-state index in [9.17, 15) is 4.79 Å². The average Bonchev–Trinajstić information content (AvgIpc) is 2.53. The van der Waals surface area contributed by atoms with Gasteiger partial charge in [-0.2, -0.15) is 0 Å². The van der Waals surface area contributed by atoms with Crippen LogP contribution in [-0.2, 0) is 14.9 Å². The maximum Gasteiger partial charge on any atom is 0.312 e. The zero-order valence-electron chi connectivity index (χ0n) is 15.0. The summed E-state index contributed by atoms with van der Waals surface area (Å²) in [6, 6.07) is 6.88. The molecule has 23 heavy (non-hydrogen) atoms. The minimum absolute atomic E-state index is 0.0147. The van der Waals surface area contributed by atoms with Gasteiger partial charge in [-0.1, -0.05) is 57.5 Å². The monoisotopic (exact) mass is 312 g/mol. The lowest BCUT2D eigenvalue weighted by Gasteiger charge is -2.51. The van der Waals surface area contributed by atoms with Gasteiger partial charge in [0.15, 0.2) is 0 Å². The summed E-state index contributed by atoms with van der Waals surface area (Å²) < 4.78 is 5.15. The Morgan fingerprint density at radius 2 is 2.00 bits per heavy atom. The Labute approximate surface area is 139 Å². The lowest BCUT2D eigenvalue weighted by Crippen LogP contribution is -2.50. The van der Waals surface area contributed by atoms with Gasteiger partial charge in [0.05, 0.1) is 12.5 Å². The van der Waals surface area contributed by atoms with Crippen LogP contribution in [0.2, 0.25) is 0 Å². The van der Waals surface area contributed by atoms with Crippen molar-refractivity contribution in [2.45, 2.75) is 58.3 Å². The second kappa shape index (κ2) is 5.51. The molecular formula is C21H28O2. The van der Waals surface area contributed by atoms with Crippen LogP contribution < -0.4 is 0 Å². The first-order valence-corrected chi connectivity index (χ1v) is 8.74. The molecule has 1 aromatic carbocycles. The number of rotatable bonds is 2. The first-order chi connectivity index (χ1) is 10.8. The van der Waals surface area contributed by atoms with Gasteiger partial charge in [0.2, 0.25) is 0 Å². The highest BCUT2D eigenvalue weighted by atomic mass is 16.5. The first-order valence-electron chi connectivity index (χ1n) is 8.74. The van der Waals surface area contributed by atoms with Gasteiger partial charge in [0.1, 0.15) is 0 Å². The number of allylic oxidation sites excluding steroid dienone is 1. The summed E-state index contributed by atoms with van der Waals surface area (Å²) >= 11 is 0. The summed E-state index contributed by atoms with van der Waals surface area (Å²) in [4.78, 5) is 12.5. The first kappa shape index (κ1) is 16.3. The van der Waals surface area contributed by atoms with Crippen molar-refractivity contribution in [3.8, 4) is 0 Å². The third-order valence-electron chi connectivity index (χ3n) is 6.24. The Bertz CT molecular complexity index is 658. The minimum atomic E-state index is -0.424. The van der Waals surface area contributed by atoms with Crippen molar-refractivity contribution in [1.29, 1.82) is 0 Å². The van der Waals surface area contributed by atoms with Crippen molar-refractivity contribution < 1.29 is 9.53 Å². The SMILES string of the molecule is COC(=O)[C@]1(C)CCC[C@]2(C)c3ccc(C(C)C)cc3C=C[C@@H]12. The van der Waals surface area contributed by atoms with E-state index in [1.54, 1.807) is 0 Å². The molecule has 2 aliphatic carbocycles. The van der Waals surface area contributed by atoms with Crippen molar-refractivity contribution in [2.75, 3.05) is 7.11 Å². The number of benzene rings is 1. The van der Waals surface area contributed by atoms with E-state index >= 15 is 0 Å². The molecule has 0 bridgehead atoms. The van der Waals surface area contributed by atoms with Crippen LogP contribution in [0.15, 0.2) is 24.3 Å². The van der Waals surface area contributed by atoms with Gasteiger partial charge in [-0.05, 0) is 42.4 Å². The molecule has 3 rings (SSSR count). The fourth-order valence-electron chi connectivity index (χ4n) is 4.82. The number of esters is 1. The zero-order chi connectivity index (χ0) is 16.8. The Kier molecular flexibility index (Phi) is 3.90. The molecule has 0 aromatic heterocycles. The van der Waals surface area contributed by atoms with Crippen molar-refractivity contribution in [3.63, 3.8) is 0 Å². The van der Waals surface area contributed by atoms with Crippen molar-refractivity contribution >= 4 is 12.0 Å². The minimum Gasteiger partial charge on any atom is -0.469 e. The average molecular weight is 312 g/mol. The van der Waals surface area contributed by atoms with E-state index in [0.29, 0.717) is 5.92 Å². The lowest BCUT2D eigenvalue weighted by atomic mass is 9.51. The van der Waals surface area contributed by atoms with E-state index in [4.69, 9.17) is 4.74 Å². The molecule has 1 fully saturated rings. The molecule has 0 unspecified atom stereocenters. The highest BCUT2D eigenvalue weighted by Gasteiger charge is 2.54. The van der Waals surface area contributed by atoms with E-state index in [-0.39, 0.29) is 17.3 Å². The smallest absolute Gasteiger partial charge is 0.312 e. The molecule has 3 atom stereocenters. The van der Waals surface area contributed by atoms with Crippen LogP contribution in [0.5, 0.6) is 0 Å². The number of hydrogen-bond donors (Lipinski definition) is 0. The summed E-state index contributed by atoms with van der Waals surface area (Å²) in [6.07, 6.45) is 7.59. The summed E-state index contributed by atoms with van der Waals surface area (Å²) in [5.41, 5.74) is 3.68. The van der Waals surface area contributed by atoms with E-state index in [1.165, 1.54) is 23.8 Å². The van der Waals surface area contributed by atoms with Gasteiger partial charge >= 0.3 is 5.97 Å². The zero-order valence-corrected chi connectivity index (χ0v) is 15.0. The topological polar surface area (TPSA) is 26.3 Å². The molecule has 0 N–H and O–H groups in total. The summed E-state index contributed by atoms with van der Waals surface area (Å²) in [7, 11) is 1.51. The Morgan fingerprint density at radius 3 is 2.65 bits per heavy atom. The van der Waals surface area contributed by atoms with Gasteiger partial charge in [-0.25, -0.2) is 0 Å². The summed E-state index contributed by atoms with van der Waals surface area (Å²) in [5, 5.41) is 0. The molecule has 0 heterocycles. The molecule has 1 aromatic rings. The van der Waals surface area contributed by atoms with Crippen LogP contribution in [0, 0.1) is 11.3 Å². The van der Waals surface area contributed by atoms with Gasteiger partial charge in [-0.3, -0.25) is 4.79 Å². The maximum absolute atomic E-state index is 12.5. The van der Waals surface area contributed by atoms with Crippen molar-refractivity contribution in [3.05, 3.63) is 41.0 Å². The highest BCUT2D eigenvalue weighted by molar-refractivity contribution is 5.79. The normalized spacial score (nSPS) is 32.3. The number of methoxy groups -OCH3 is 1. The standard InChI is InChI=1S/C21H28O2/c1-14(2)15-7-9-17-16(13-15)8-10-18-20(17,3)11-6-12-21(18,4)19(22)23-5/h7-10,13-14,18H,6,11-12H2,1-5H3/t18-,20-,21-/m1/s1. The van der Waals surface area contributed by atoms with E-state index in [1.807, 2.05) is 0 Å². The largest absolute Gasteiger partial charge is 0.469 e. The summed E-state index contributed by atoms with van der Waals surface area (Å²) in [6.45, 7) is 8.87. The molecule has 1 saturated carbocycles. The predicted molar refractivity (Wildman–Crippen MR) is 94.4 cm³/mol. The quantitative estimate of drug-likeness (QED) is 0.712. The van der Waals surface area contributed by atoms with Crippen LogP contribution in [0.4, 0.5) is 0 Å². The Hall–Kier alpha value is -1.57. The second-order valence-electron chi connectivity index (χ2n) is 8.02. The van der Waals surface area contributed by atoms with Crippen LogP contribution in [0.1, 0.15) is 69.6 Å². The van der Waals surface area contributed by atoms with Gasteiger partial charge in [0, 0.05) is 11.3 Å². The Balaban J connectivity index is 2.10. The van der Waals surface area contributed by atoms with Crippen LogP contribution >= 0.6 is 0 Å². The number of fused-ring (bicyclic) bond motifs is 3. The summed E-state index contributed by atoms with van der Waals surface area (Å²) in [5.74, 6) is 0.667. The van der Waals surface area contributed by atoms with E-state index in [2.05, 4.69) is 58.0 Å². The van der Waals surface area contributed by atoms with Gasteiger partial charge in [-0.15, -0.1) is 0 Å². The van der Waals surface area contributed by atoms with E-state index in [0.717, 1.165) is 19.3 Å².